The Morgan fingerprint density at radius 2 is 0.593 bits per heavy atom. The van der Waals surface area contributed by atoms with Crippen molar-refractivity contribution in [2.45, 2.75) is 322 Å². The van der Waals surface area contributed by atoms with Crippen LogP contribution in [0.2, 0.25) is 0 Å². The number of hydrogen-bond acceptors (Lipinski definition) is 7. The van der Waals surface area contributed by atoms with Gasteiger partial charge < -0.3 is 28.5 Å². The molecule has 0 rings (SSSR count). The molecule has 0 aliphatic rings. The van der Waals surface area contributed by atoms with Gasteiger partial charge >= 0.3 is 17.9 Å². The van der Waals surface area contributed by atoms with E-state index >= 15 is 0 Å². The maximum Gasteiger partial charge on any atom is 0.361 e. The Kier molecular flexibility index (Phi) is 67.7. The fourth-order valence-electron chi connectivity index (χ4n) is 10.3. The van der Waals surface area contributed by atoms with E-state index in [1.54, 1.807) is 0 Å². The third kappa shape index (κ3) is 72.7. The molecule has 0 amide bonds. The number of hydrogen-bond donors (Lipinski definition) is 1. The number of carboxylic acid groups (broad SMARTS) is 1. The Morgan fingerprint density at radius 1 is 0.330 bits per heavy atom. The summed E-state index contributed by atoms with van der Waals surface area (Å²) >= 11 is 0. The number of quaternary nitrogens is 1. The van der Waals surface area contributed by atoms with Crippen LogP contribution in [-0.4, -0.2) is 87.4 Å². The molecule has 2 atom stereocenters. The number of nitrogens with zero attached hydrogens (tertiary/aromatic N) is 1. The van der Waals surface area contributed by atoms with E-state index in [1.807, 2.05) is 21.1 Å². The summed E-state index contributed by atoms with van der Waals surface area (Å²) in [5.74, 6) is -2.02. The first kappa shape index (κ1) is 86.4. The molecular weight excluding hydrogens is 1130 g/mol. The quantitative estimate of drug-likeness (QED) is 0.0211. The van der Waals surface area contributed by atoms with E-state index in [0.717, 1.165) is 116 Å². The van der Waals surface area contributed by atoms with Crippen LogP contribution < -0.4 is 0 Å². The van der Waals surface area contributed by atoms with Gasteiger partial charge in [0.1, 0.15) is 13.2 Å². The zero-order valence-corrected chi connectivity index (χ0v) is 59.5. The largest absolute Gasteiger partial charge is 0.477 e. The van der Waals surface area contributed by atoms with Gasteiger partial charge in [0.05, 0.1) is 34.4 Å². The second kappa shape index (κ2) is 71.3. The first-order valence-electron chi connectivity index (χ1n) is 37.3. The van der Waals surface area contributed by atoms with E-state index in [-0.39, 0.29) is 32.2 Å². The zero-order valence-electron chi connectivity index (χ0n) is 59.5. The van der Waals surface area contributed by atoms with E-state index in [1.165, 1.54) is 161 Å². The van der Waals surface area contributed by atoms with Gasteiger partial charge in [0, 0.05) is 12.8 Å². The average Bonchev–Trinajstić information content (AvgIpc) is 3.66. The van der Waals surface area contributed by atoms with Gasteiger partial charge in [0.15, 0.2) is 6.10 Å². The van der Waals surface area contributed by atoms with E-state index in [0.29, 0.717) is 23.9 Å². The lowest BCUT2D eigenvalue weighted by molar-refractivity contribution is -0.870. The molecule has 9 heteroatoms. The van der Waals surface area contributed by atoms with Crippen LogP contribution >= 0.6 is 0 Å². The standard InChI is InChI=1S/C82H139NO8/c1-6-8-10-12-14-16-18-20-22-24-26-28-30-32-34-36-37-38-39-40-41-42-43-45-46-48-50-52-54-56-58-60-62-64-66-68-70-72-79(84)89-76-78(77-90-82(81(86)87)88-75-74-83(3,4)5)91-80(85)73-71-69-67-65-63-61-59-57-55-53-51-49-47-44-35-33-31-29-27-25-23-21-19-17-15-13-11-9-7-2/h8-11,14-17,20-23,26-29,33,35,47,49,53,55,78,82H,6-7,12-13,18-19,24-25,30-32,34,36-46,48,50-52,54,56-77H2,1-5H3/p+1/b10-8-,11-9-,16-14-,17-15-,22-20-,23-21-,28-26-,29-27-,35-33-,49-47-,55-53-. The van der Waals surface area contributed by atoms with Gasteiger partial charge in [-0.05, 0) is 109 Å². The Balaban J connectivity index is 4.07. The first-order chi connectivity index (χ1) is 44.6. The van der Waals surface area contributed by atoms with Crippen LogP contribution in [0.1, 0.15) is 309 Å². The molecular formula is C82H140NO8+. The number of allylic oxidation sites excluding steroid dienone is 22. The summed E-state index contributed by atoms with van der Waals surface area (Å²) in [7, 11) is 5.97. The number of unbranched alkanes of at least 4 members (excludes halogenated alkanes) is 31. The third-order valence-corrected chi connectivity index (χ3v) is 15.9. The summed E-state index contributed by atoms with van der Waals surface area (Å²) < 4.78 is 23.0. The van der Waals surface area contributed by atoms with Crippen molar-refractivity contribution in [3.8, 4) is 0 Å². The van der Waals surface area contributed by atoms with Crippen LogP contribution in [0.15, 0.2) is 134 Å². The normalized spacial score (nSPS) is 13.5. The molecule has 0 aromatic carbocycles. The highest BCUT2D eigenvalue weighted by molar-refractivity contribution is 5.71. The molecule has 91 heavy (non-hydrogen) atoms. The number of likely N-dealkylation sites (N-methyl/N-ethyl adjacent to an activating group) is 1. The minimum Gasteiger partial charge on any atom is -0.477 e. The van der Waals surface area contributed by atoms with Crippen molar-refractivity contribution in [2.75, 3.05) is 47.5 Å². The lowest BCUT2D eigenvalue weighted by Gasteiger charge is -2.25. The van der Waals surface area contributed by atoms with Gasteiger partial charge in [-0.3, -0.25) is 9.59 Å². The highest BCUT2D eigenvalue weighted by atomic mass is 16.7. The van der Waals surface area contributed by atoms with Crippen LogP contribution in [-0.2, 0) is 33.3 Å². The number of carbonyl (C=O) groups excluding carboxylic acids is 2. The molecule has 0 saturated heterocycles. The maximum absolute atomic E-state index is 13.0. The molecule has 9 nitrogen and oxygen atoms in total. The summed E-state index contributed by atoms with van der Waals surface area (Å²) in [5.41, 5.74) is 0. The second-order valence-corrected chi connectivity index (χ2v) is 25.8. The summed E-state index contributed by atoms with van der Waals surface area (Å²) in [6, 6.07) is 0. The van der Waals surface area contributed by atoms with Gasteiger partial charge in [-0.25, -0.2) is 4.79 Å². The molecule has 0 aliphatic carbocycles. The van der Waals surface area contributed by atoms with Gasteiger partial charge in [0.2, 0.25) is 0 Å². The predicted octanol–water partition coefficient (Wildman–Crippen LogP) is 23.7. The van der Waals surface area contributed by atoms with Crippen molar-refractivity contribution in [1.29, 1.82) is 0 Å². The van der Waals surface area contributed by atoms with Crippen molar-refractivity contribution < 1.29 is 42.9 Å². The summed E-state index contributed by atoms with van der Waals surface area (Å²) in [6.07, 6.45) is 100. The van der Waals surface area contributed by atoms with Crippen molar-refractivity contribution in [3.63, 3.8) is 0 Å². The summed E-state index contributed by atoms with van der Waals surface area (Å²) in [5, 5.41) is 9.76. The van der Waals surface area contributed by atoms with Crippen molar-refractivity contribution in [3.05, 3.63) is 134 Å². The molecule has 0 radical (unpaired) electrons. The minimum atomic E-state index is -1.52. The van der Waals surface area contributed by atoms with Crippen molar-refractivity contribution >= 4 is 17.9 Å². The maximum atomic E-state index is 13.0. The smallest absolute Gasteiger partial charge is 0.361 e. The van der Waals surface area contributed by atoms with Gasteiger partial charge in [-0.15, -0.1) is 0 Å². The van der Waals surface area contributed by atoms with E-state index in [4.69, 9.17) is 18.9 Å². The first-order valence-corrected chi connectivity index (χ1v) is 37.3. The van der Waals surface area contributed by atoms with Crippen molar-refractivity contribution in [2.24, 2.45) is 0 Å². The Morgan fingerprint density at radius 3 is 0.879 bits per heavy atom. The van der Waals surface area contributed by atoms with Crippen LogP contribution in [0.5, 0.6) is 0 Å². The lowest BCUT2D eigenvalue weighted by atomic mass is 10.0. The lowest BCUT2D eigenvalue weighted by Crippen LogP contribution is -2.40. The fraction of sp³-hybridized carbons (Fsp3) is 0.695. The molecule has 0 spiro atoms. The molecule has 0 saturated carbocycles. The van der Waals surface area contributed by atoms with E-state index < -0.39 is 24.3 Å². The van der Waals surface area contributed by atoms with E-state index in [9.17, 15) is 19.5 Å². The van der Waals surface area contributed by atoms with Crippen LogP contribution in [0, 0.1) is 0 Å². The van der Waals surface area contributed by atoms with Crippen LogP contribution in [0.3, 0.4) is 0 Å². The number of ether oxygens (including phenoxy) is 4. The van der Waals surface area contributed by atoms with Gasteiger partial charge in [0.25, 0.3) is 6.29 Å². The molecule has 1 N–H and O–H groups in total. The SMILES string of the molecule is CC/C=C\C/C=C\C/C=C\C/C=C\C/C=C\C/C=C\C/C=C\CCCCCCCCCC(=O)OC(COC(=O)CCCCCCCCCCCCCCCCCCCCCCCCCC/C=C\C/C=C\C/C=C\C/C=C\CC)COC(OCC[N+](C)(C)C)C(=O)O. The average molecular weight is 1270 g/mol. The number of aliphatic carboxylic acids is 1. The summed E-state index contributed by atoms with van der Waals surface area (Å²) in [4.78, 5) is 37.7. The highest BCUT2D eigenvalue weighted by Gasteiger charge is 2.25. The molecule has 0 aromatic rings. The number of carbonyl (C=O) groups is 3. The molecule has 0 fully saturated rings. The zero-order chi connectivity index (χ0) is 66.1. The van der Waals surface area contributed by atoms with Crippen LogP contribution in [0.4, 0.5) is 0 Å². The molecule has 0 heterocycles. The highest BCUT2D eigenvalue weighted by Crippen LogP contribution is 2.18. The summed E-state index contributed by atoms with van der Waals surface area (Å²) in [6.45, 7) is 4.66. The molecule has 520 valence electrons. The number of esters is 2. The third-order valence-electron chi connectivity index (χ3n) is 15.9. The Labute approximate surface area is 560 Å². The Hall–Kier alpha value is -4.57. The Bertz CT molecular complexity index is 1960. The molecule has 0 aliphatic heterocycles. The molecule has 2 unspecified atom stereocenters. The topological polar surface area (TPSA) is 108 Å². The van der Waals surface area contributed by atoms with Gasteiger partial charge in [-0.1, -0.05) is 321 Å². The van der Waals surface area contributed by atoms with Crippen LogP contribution in [0.25, 0.3) is 0 Å². The predicted molar refractivity (Wildman–Crippen MR) is 391 cm³/mol. The van der Waals surface area contributed by atoms with Crippen molar-refractivity contribution in [1.82, 2.24) is 0 Å². The molecule has 0 aromatic heterocycles. The minimum absolute atomic E-state index is 0.181. The van der Waals surface area contributed by atoms with E-state index in [2.05, 4.69) is 148 Å². The monoisotopic (exact) mass is 1270 g/mol. The molecule has 0 bridgehead atoms. The van der Waals surface area contributed by atoms with Gasteiger partial charge in [-0.2, -0.15) is 0 Å². The number of rotatable bonds is 68. The second-order valence-electron chi connectivity index (χ2n) is 25.8. The fourth-order valence-corrected chi connectivity index (χ4v) is 10.3. The number of carboxylic acids is 1.